The van der Waals surface area contributed by atoms with E-state index in [1.165, 1.54) is 11.8 Å². The number of hydrogen-bond acceptors (Lipinski definition) is 5. The van der Waals surface area contributed by atoms with Crippen molar-refractivity contribution in [3.8, 4) is 11.5 Å². The Kier molecular flexibility index (Phi) is 7.15. The van der Waals surface area contributed by atoms with Crippen molar-refractivity contribution < 1.29 is 14.3 Å². The summed E-state index contributed by atoms with van der Waals surface area (Å²) in [6, 6.07) is 22.8. The van der Waals surface area contributed by atoms with Crippen LogP contribution in [0, 0.1) is 0 Å². The Hall–Kier alpha value is -2.80. The SMILES string of the molecule is COc1cccc(/C=C2\SC(=S)N(Cc3ccccc3)C2=O)c1OCc1ccc(Cl)cc1. The Balaban J connectivity index is 1.58. The highest BCUT2D eigenvalue weighted by Crippen LogP contribution is 2.38. The van der Waals surface area contributed by atoms with Gasteiger partial charge in [-0.3, -0.25) is 9.69 Å². The van der Waals surface area contributed by atoms with Gasteiger partial charge in [0.2, 0.25) is 0 Å². The number of carbonyl (C=O) groups is 1. The monoisotopic (exact) mass is 481 g/mol. The van der Waals surface area contributed by atoms with Crippen LogP contribution in [0.2, 0.25) is 5.02 Å². The lowest BCUT2D eigenvalue weighted by Crippen LogP contribution is -2.27. The van der Waals surface area contributed by atoms with E-state index < -0.39 is 0 Å². The maximum absolute atomic E-state index is 13.1. The Morgan fingerprint density at radius 3 is 2.47 bits per heavy atom. The summed E-state index contributed by atoms with van der Waals surface area (Å²) in [5, 5.41) is 0.671. The van der Waals surface area contributed by atoms with Gasteiger partial charge in [-0.2, -0.15) is 0 Å². The topological polar surface area (TPSA) is 38.8 Å². The van der Waals surface area contributed by atoms with Crippen LogP contribution in [0.5, 0.6) is 11.5 Å². The minimum absolute atomic E-state index is 0.115. The molecule has 0 atom stereocenters. The number of thiocarbonyl (C=S) groups is 1. The average molecular weight is 482 g/mol. The summed E-state index contributed by atoms with van der Waals surface area (Å²) in [7, 11) is 1.59. The standard InChI is InChI=1S/C25H20ClNO3S2/c1-29-21-9-5-8-19(23(21)30-16-18-10-12-20(26)13-11-18)14-22-24(28)27(25(31)32-22)15-17-6-3-2-4-7-17/h2-14H,15-16H2,1H3/b22-14-. The highest BCUT2D eigenvalue weighted by molar-refractivity contribution is 8.26. The highest BCUT2D eigenvalue weighted by atomic mass is 35.5. The summed E-state index contributed by atoms with van der Waals surface area (Å²) in [4.78, 5) is 15.2. The lowest BCUT2D eigenvalue weighted by Gasteiger charge is -2.15. The maximum Gasteiger partial charge on any atom is 0.266 e. The summed E-state index contributed by atoms with van der Waals surface area (Å²) in [6.45, 7) is 0.786. The van der Waals surface area contributed by atoms with Crippen molar-refractivity contribution in [2.45, 2.75) is 13.2 Å². The minimum Gasteiger partial charge on any atom is -0.493 e. The van der Waals surface area contributed by atoms with Gasteiger partial charge in [-0.25, -0.2) is 0 Å². The molecule has 1 saturated heterocycles. The number of para-hydroxylation sites is 1. The zero-order chi connectivity index (χ0) is 22.5. The second kappa shape index (κ2) is 10.2. The zero-order valence-electron chi connectivity index (χ0n) is 17.3. The van der Waals surface area contributed by atoms with Crippen molar-refractivity contribution in [2.24, 2.45) is 0 Å². The number of nitrogens with zero attached hydrogens (tertiary/aromatic N) is 1. The number of hydrogen-bond donors (Lipinski definition) is 0. The molecule has 0 radical (unpaired) electrons. The average Bonchev–Trinajstić information content (AvgIpc) is 3.07. The number of benzene rings is 3. The molecule has 0 unspecified atom stereocenters. The van der Waals surface area contributed by atoms with Crippen LogP contribution in [0.15, 0.2) is 77.7 Å². The van der Waals surface area contributed by atoms with Crippen LogP contribution in [0.25, 0.3) is 6.08 Å². The van der Waals surface area contributed by atoms with E-state index in [1.807, 2.05) is 78.9 Å². The Labute approximate surface area is 201 Å². The van der Waals surface area contributed by atoms with Crippen molar-refractivity contribution >= 4 is 51.9 Å². The molecular weight excluding hydrogens is 462 g/mol. The number of rotatable bonds is 7. The van der Waals surface area contributed by atoms with E-state index >= 15 is 0 Å². The molecule has 1 aliphatic heterocycles. The van der Waals surface area contributed by atoms with Gasteiger partial charge < -0.3 is 9.47 Å². The summed E-state index contributed by atoms with van der Waals surface area (Å²) < 4.78 is 12.1. The quantitative estimate of drug-likeness (QED) is 0.291. The first-order valence-corrected chi connectivity index (χ1v) is 11.5. The Bertz CT molecular complexity index is 1160. The van der Waals surface area contributed by atoms with Crippen molar-refractivity contribution in [1.29, 1.82) is 0 Å². The predicted molar refractivity (Wildman–Crippen MR) is 134 cm³/mol. The van der Waals surface area contributed by atoms with Crippen LogP contribution < -0.4 is 9.47 Å². The minimum atomic E-state index is -0.115. The van der Waals surface area contributed by atoms with Gasteiger partial charge in [0.25, 0.3) is 5.91 Å². The first-order chi connectivity index (χ1) is 15.5. The second-order valence-corrected chi connectivity index (χ2v) is 9.16. The molecule has 3 aromatic carbocycles. The van der Waals surface area contributed by atoms with Gasteiger partial charge in [-0.1, -0.05) is 90.2 Å². The first kappa shape index (κ1) is 22.4. The molecule has 32 heavy (non-hydrogen) atoms. The fourth-order valence-electron chi connectivity index (χ4n) is 3.24. The lowest BCUT2D eigenvalue weighted by atomic mass is 10.1. The van der Waals surface area contributed by atoms with Gasteiger partial charge in [0.05, 0.1) is 18.6 Å². The molecule has 0 aromatic heterocycles. The first-order valence-electron chi connectivity index (χ1n) is 9.88. The van der Waals surface area contributed by atoms with Gasteiger partial charge >= 0.3 is 0 Å². The van der Waals surface area contributed by atoms with Crippen LogP contribution in [0.3, 0.4) is 0 Å². The molecule has 7 heteroatoms. The highest BCUT2D eigenvalue weighted by Gasteiger charge is 2.32. The summed E-state index contributed by atoms with van der Waals surface area (Å²) >= 11 is 12.7. The third-order valence-corrected chi connectivity index (χ3v) is 6.50. The Morgan fingerprint density at radius 2 is 1.75 bits per heavy atom. The van der Waals surface area contributed by atoms with Crippen LogP contribution in [0.1, 0.15) is 16.7 Å². The number of amides is 1. The van der Waals surface area contributed by atoms with Crippen molar-refractivity contribution in [3.63, 3.8) is 0 Å². The molecule has 1 amide bonds. The number of halogens is 1. The zero-order valence-corrected chi connectivity index (χ0v) is 19.7. The summed E-state index contributed by atoms with van der Waals surface area (Å²) in [5.41, 5.74) is 2.75. The van der Waals surface area contributed by atoms with Crippen LogP contribution in [0.4, 0.5) is 0 Å². The van der Waals surface area contributed by atoms with E-state index in [-0.39, 0.29) is 5.91 Å². The van der Waals surface area contributed by atoms with Gasteiger partial charge in [0.15, 0.2) is 11.5 Å². The molecule has 0 saturated carbocycles. The van der Waals surface area contributed by atoms with Crippen LogP contribution in [-0.4, -0.2) is 22.2 Å². The molecule has 1 heterocycles. The van der Waals surface area contributed by atoms with Gasteiger partial charge in [-0.05, 0) is 35.4 Å². The van der Waals surface area contributed by atoms with E-state index in [4.69, 9.17) is 33.3 Å². The summed E-state index contributed by atoms with van der Waals surface area (Å²) in [5.74, 6) is 1.04. The number of methoxy groups -OCH3 is 1. The van der Waals surface area contributed by atoms with E-state index in [2.05, 4.69) is 0 Å². The van der Waals surface area contributed by atoms with Crippen LogP contribution in [-0.2, 0) is 17.9 Å². The molecule has 3 aromatic rings. The molecule has 162 valence electrons. The number of ether oxygens (including phenoxy) is 2. The predicted octanol–water partition coefficient (Wildman–Crippen LogP) is 6.33. The molecule has 0 aliphatic carbocycles. The van der Waals surface area contributed by atoms with Crippen molar-refractivity contribution in [1.82, 2.24) is 4.90 Å². The number of carbonyl (C=O) groups excluding carboxylic acids is 1. The smallest absolute Gasteiger partial charge is 0.266 e. The van der Waals surface area contributed by atoms with Crippen LogP contribution >= 0.6 is 35.6 Å². The fourth-order valence-corrected chi connectivity index (χ4v) is 4.61. The van der Waals surface area contributed by atoms with Crippen molar-refractivity contribution in [2.75, 3.05) is 7.11 Å². The largest absolute Gasteiger partial charge is 0.493 e. The Morgan fingerprint density at radius 1 is 1.00 bits per heavy atom. The fraction of sp³-hybridized carbons (Fsp3) is 0.120. The molecule has 1 fully saturated rings. The third-order valence-electron chi connectivity index (χ3n) is 4.87. The molecule has 0 spiro atoms. The molecule has 4 nitrogen and oxygen atoms in total. The third kappa shape index (κ3) is 5.15. The molecule has 0 bridgehead atoms. The molecular formula is C25H20ClNO3S2. The van der Waals surface area contributed by atoms with Gasteiger partial charge in [0, 0.05) is 10.6 Å². The lowest BCUT2D eigenvalue weighted by molar-refractivity contribution is -0.122. The molecule has 1 aliphatic rings. The molecule has 0 N–H and O–H groups in total. The normalized spacial score (nSPS) is 14.8. The number of thioether (sulfide) groups is 1. The van der Waals surface area contributed by atoms with E-state index in [0.717, 1.165) is 16.7 Å². The molecule has 4 rings (SSSR count). The van der Waals surface area contributed by atoms with Gasteiger partial charge in [0.1, 0.15) is 10.9 Å². The van der Waals surface area contributed by atoms with Gasteiger partial charge in [-0.15, -0.1) is 0 Å². The maximum atomic E-state index is 13.1. The van der Waals surface area contributed by atoms with Crippen molar-refractivity contribution in [3.05, 3.63) is 99.4 Å². The van der Waals surface area contributed by atoms with E-state index in [9.17, 15) is 4.79 Å². The van der Waals surface area contributed by atoms with E-state index in [0.29, 0.717) is 38.9 Å². The second-order valence-electron chi connectivity index (χ2n) is 7.05. The summed E-state index contributed by atoms with van der Waals surface area (Å²) in [6.07, 6.45) is 1.81. The van der Waals surface area contributed by atoms with E-state index in [1.54, 1.807) is 12.0 Å².